The first kappa shape index (κ1) is 21.4. The Bertz CT molecular complexity index is 1020. The minimum atomic E-state index is -4.66. The number of halogens is 3. The molecule has 0 saturated heterocycles. The van der Waals surface area contributed by atoms with Crippen LogP contribution in [0.2, 0.25) is 0 Å². The average molecular weight is 411 g/mol. The number of hydrogen-bond acceptors (Lipinski definition) is 5. The average Bonchev–Trinajstić information content (AvgIpc) is 2.73. The van der Waals surface area contributed by atoms with Crippen molar-refractivity contribution in [3.05, 3.63) is 58.3 Å². The van der Waals surface area contributed by atoms with Gasteiger partial charge in [0.15, 0.2) is 5.41 Å². The van der Waals surface area contributed by atoms with E-state index in [1.807, 2.05) is 30.0 Å². The maximum absolute atomic E-state index is 13.8. The summed E-state index contributed by atoms with van der Waals surface area (Å²) in [4.78, 5) is 2.05. The molecule has 1 aromatic rings. The predicted octanol–water partition coefficient (Wildman–Crippen LogP) is 3.84. The van der Waals surface area contributed by atoms with E-state index in [1.165, 1.54) is 18.2 Å². The van der Waals surface area contributed by atoms with Crippen molar-refractivity contribution in [1.29, 1.82) is 15.8 Å². The van der Waals surface area contributed by atoms with E-state index in [2.05, 4.69) is 0 Å². The second-order valence-electron chi connectivity index (χ2n) is 7.52. The van der Waals surface area contributed by atoms with Crippen molar-refractivity contribution in [3.63, 3.8) is 0 Å². The van der Waals surface area contributed by atoms with Gasteiger partial charge in [-0.15, -0.1) is 0 Å². The number of allylic oxidation sites excluding steroid dienone is 2. The van der Waals surface area contributed by atoms with E-state index in [4.69, 9.17) is 5.73 Å². The molecule has 5 nitrogen and oxygen atoms in total. The topological polar surface area (TPSA) is 101 Å². The lowest BCUT2D eigenvalue weighted by molar-refractivity contribution is -0.138. The van der Waals surface area contributed by atoms with Gasteiger partial charge in [-0.3, -0.25) is 4.90 Å². The van der Waals surface area contributed by atoms with Crippen LogP contribution < -0.4 is 5.73 Å². The van der Waals surface area contributed by atoms with E-state index >= 15 is 0 Å². The van der Waals surface area contributed by atoms with Crippen molar-refractivity contribution < 1.29 is 13.2 Å². The largest absolute Gasteiger partial charge is 0.416 e. The molecule has 2 atom stereocenters. The fourth-order valence-electron chi connectivity index (χ4n) is 4.61. The Balaban J connectivity index is 2.35. The smallest absolute Gasteiger partial charge is 0.399 e. The molecule has 1 aromatic carbocycles. The first-order valence-electron chi connectivity index (χ1n) is 9.56. The van der Waals surface area contributed by atoms with Gasteiger partial charge in [-0.25, -0.2) is 0 Å². The molecule has 154 valence electrons. The number of hydrogen-bond donors (Lipinski definition) is 1. The Labute approximate surface area is 173 Å². The van der Waals surface area contributed by atoms with Crippen molar-refractivity contribution in [3.8, 4) is 18.2 Å². The molecule has 8 heteroatoms. The highest BCUT2D eigenvalue weighted by molar-refractivity contribution is 5.60. The van der Waals surface area contributed by atoms with Crippen molar-refractivity contribution in [2.75, 3.05) is 19.6 Å². The predicted molar refractivity (Wildman–Crippen MR) is 103 cm³/mol. The Hall–Kier alpha value is -3.28. The van der Waals surface area contributed by atoms with Gasteiger partial charge >= 0.3 is 6.18 Å². The van der Waals surface area contributed by atoms with Crippen LogP contribution in [0.15, 0.2) is 47.2 Å². The number of alkyl halides is 3. The van der Waals surface area contributed by atoms with Crippen LogP contribution >= 0.6 is 0 Å². The lowest BCUT2D eigenvalue weighted by Crippen LogP contribution is -2.48. The Morgan fingerprint density at radius 3 is 2.43 bits per heavy atom. The lowest BCUT2D eigenvalue weighted by atomic mass is 9.57. The van der Waals surface area contributed by atoms with E-state index < -0.39 is 29.0 Å². The molecule has 1 aliphatic heterocycles. The molecule has 3 rings (SSSR count). The third-order valence-corrected chi connectivity index (χ3v) is 5.88. The molecule has 1 aliphatic carbocycles. The van der Waals surface area contributed by atoms with Crippen LogP contribution in [0.3, 0.4) is 0 Å². The van der Waals surface area contributed by atoms with Gasteiger partial charge in [0.05, 0.1) is 29.0 Å². The monoisotopic (exact) mass is 411 g/mol. The van der Waals surface area contributed by atoms with Gasteiger partial charge in [0.2, 0.25) is 0 Å². The SMILES string of the molecule is CCCN1CC=C2C(C#N)=C(N)C(C#N)(C#N)C(c3ccccc3C(F)(F)F)C2C1. The third-order valence-electron chi connectivity index (χ3n) is 5.88. The van der Waals surface area contributed by atoms with E-state index in [0.717, 1.165) is 12.5 Å². The van der Waals surface area contributed by atoms with Crippen LogP contribution in [0.1, 0.15) is 30.4 Å². The van der Waals surface area contributed by atoms with Crippen LogP contribution in [-0.2, 0) is 6.18 Å². The summed E-state index contributed by atoms with van der Waals surface area (Å²) < 4.78 is 41.5. The van der Waals surface area contributed by atoms with E-state index in [-0.39, 0.29) is 16.8 Å². The van der Waals surface area contributed by atoms with E-state index in [1.54, 1.807) is 6.08 Å². The zero-order valence-corrected chi connectivity index (χ0v) is 16.4. The molecule has 1 heterocycles. The fourth-order valence-corrected chi connectivity index (χ4v) is 4.61. The zero-order chi connectivity index (χ0) is 22.1. The minimum Gasteiger partial charge on any atom is -0.399 e. The molecule has 0 fully saturated rings. The van der Waals surface area contributed by atoms with Gasteiger partial charge in [-0.05, 0) is 30.2 Å². The van der Waals surface area contributed by atoms with Crippen molar-refractivity contribution in [2.45, 2.75) is 25.4 Å². The highest BCUT2D eigenvalue weighted by Crippen LogP contribution is 2.55. The van der Waals surface area contributed by atoms with Crippen LogP contribution in [0.5, 0.6) is 0 Å². The first-order valence-corrected chi connectivity index (χ1v) is 9.56. The van der Waals surface area contributed by atoms with Gasteiger partial charge in [-0.2, -0.15) is 29.0 Å². The number of benzene rings is 1. The number of nitriles is 3. The Kier molecular flexibility index (Phi) is 5.61. The number of fused-ring (bicyclic) bond motifs is 1. The van der Waals surface area contributed by atoms with Gasteiger partial charge in [0.25, 0.3) is 0 Å². The zero-order valence-electron chi connectivity index (χ0n) is 16.4. The molecule has 30 heavy (non-hydrogen) atoms. The molecular weight excluding hydrogens is 391 g/mol. The van der Waals surface area contributed by atoms with Gasteiger partial charge in [0.1, 0.15) is 6.07 Å². The van der Waals surface area contributed by atoms with E-state index in [9.17, 15) is 29.0 Å². The second-order valence-corrected chi connectivity index (χ2v) is 7.52. The lowest BCUT2D eigenvalue weighted by Gasteiger charge is -2.46. The van der Waals surface area contributed by atoms with Crippen LogP contribution in [0.25, 0.3) is 0 Å². The molecule has 0 amide bonds. The molecule has 0 bridgehead atoms. The summed E-state index contributed by atoms with van der Waals surface area (Å²) in [7, 11) is 0. The highest BCUT2D eigenvalue weighted by Gasteiger charge is 2.56. The van der Waals surface area contributed by atoms with Crippen molar-refractivity contribution in [2.24, 2.45) is 17.1 Å². The molecule has 0 spiro atoms. The molecule has 2 aliphatic rings. The summed E-state index contributed by atoms with van der Waals surface area (Å²) in [5, 5.41) is 29.7. The first-order chi connectivity index (χ1) is 14.2. The molecule has 0 saturated carbocycles. The highest BCUT2D eigenvalue weighted by atomic mass is 19.4. The van der Waals surface area contributed by atoms with Crippen LogP contribution in [0, 0.1) is 45.3 Å². The number of rotatable bonds is 3. The summed E-state index contributed by atoms with van der Waals surface area (Å²) in [5.74, 6) is -1.80. The summed E-state index contributed by atoms with van der Waals surface area (Å²) in [6.45, 7) is 3.56. The van der Waals surface area contributed by atoms with Crippen molar-refractivity contribution >= 4 is 0 Å². The molecule has 0 radical (unpaired) electrons. The Morgan fingerprint density at radius 2 is 1.87 bits per heavy atom. The normalized spacial score (nSPS) is 23.6. The minimum absolute atomic E-state index is 0.0278. The number of nitrogens with zero attached hydrogens (tertiary/aromatic N) is 4. The quantitative estimate of drug-likeness (QED) is 0.814. The van der Waals surface area contributed by atoms with Crippen molar-refractivity contribution in [1.82, 2.24) is 4.90 Å². The van der Waals surface area contributed by atoms with Gasteiger partial charge in [-0.1, -0.05) is 31.2 Å². The third kappa shape index (κ3) is 3.22. The molecule has 0 aromatic heterocycles. The molecule has 2 N–H and O–H groups in total. The summed E-state index contributed by atoms with van der Waals surface area (Å²) in [6, 6.07) is 10.7. The number of nitrogens with two attached hydrogens (primary N) is 1. The fraction of sp³-hybridized carbons (Fsp3) is 0.409. The van der Waals surface area contributed by atoms with E-state index in [0.29, 0.717) is 25.2 Å². The van der Waals surface area contributed by atoms with Crippen LogP contribution in [-0.4, -0.2) is 24.5 Å². The standard InChI is InChI=1S/C22H20F3N5/c1-2-8-30-9-7-14-16(10-26)20(29)21(12-27,13-28)19(17(14)11-30)15-5-3-4-6-18(15)22(23,24)25/h3-7,17,19H,2,8-9,11,29H2,1H3. The van der Waals surface area contributed by atoms with Gasteiger partial charge in [0, 0.05) is 24.9 Å². The second kappa shape index (κ2) is 7.86. The summed E-state index contributed by atoms with van der Waals surface area (Å²) in [5.41, 5.74) is 3.30. The maximum Gasteiger partial charge on any atom is 0.416 e. The molecule has 2 unspecified atom stereocenters. The summed E-state index contributed by atoms with van der Waals surface area (Å²) in [6.07, 6.45) is -2.04. The Morgan fingerprint density at radius 1 is 1.20 bits per heavy atom. The van der Waals surface area contributed by atoms with Gasteiger partial charge < -0.3 is 5.73 Å². The summed E-state index contributed by atoms with van der Waals surface area (Å²) >= 11 is 0. The maximum atomic E-state index is 13.8. The van der Waals surface area contributed by atoms with Crippen LogP contribution in [0.4, 0.5) is 13.2 Å². The molecular formula is C22H20F3N5.